The van der Waals surface area contributed by atoms with Crippen molar-refractivity contribution in [2.45, 2.75) is 20.8 Å². The summed E-state index contributed by atoms with van der Waals surface area (Å²) in [6.07, 6.45) is 0. The van der Waals surface area contributed by atoms with E-state index < -0.39 is 0 Å². The topological polar surface area (TPSA) is 20.3 Å². The molecule has 0 rings (SSSR count). The standard InChI is InChI=1S/C9H17NO/c1-7(2)8(3)6-10(5)9(4)11/h8H,1,6H2,2-5H3. The molecule has 0 aromatic carbocycles. The zero-order chi connectivity index (χ0) is 9.02. The van der Waals surface area contributed by atoms with Crippen LogP contribution in [0.2, 0.25) is 0 Å². The molecule has 1 amide bonds. The highest BCUT2D eigenvalue weighted by Crippen LogP contribution is 2.07. The molecule has 0 saturated carbocycles. The maximum Gasteiger partial charge on any atom is 0.219 e. The molecule has 64 valence electrons. The molecule has 0 aromatic heterocycles. The van der Waals surface area contributed by atoms with Gasteiger partial charge in [0, 0.05) is 20.5 Å². The fraction of sp³-hybridized carbons (Fsp3) is 0.667. The molecule has 0 aliphatic carbocycles. The van der Waals surface area contributed by atoms with Gasteiger partial charge in [-0.3, -0.25) is 4.79 Å². The van der Waals surface area contributed by atoms with Crippen molar-refractivity contribution < 1.29 is 4.79 Å². The van der Waals surface area contributed by atoms with Crippen molar-refractivity contribution in [3.63, 3.8) is 0 Å². The molecule has 11 heavy (non-hydrogen) atoms. The molecule has 0 heterocycles. The Morgan fingerprint density at radius 3 is 2.27 bits per heavy atom. The lowest BCUT2D eigenvalue weighted by Crippen LogP contribution is -2.28. The van der Waals surface area contributed by atoms with Gasteiger partial charge in [-0.1, -0.05) is 19.1 Å². The van der Waals surface area contributed by atoms with Gasteiger partial charge in [-0.05, 0) is 12.8 Å². The van der Waals surface area contributed by atoms with Crippen LogP contribution in [0.5, 0.6) is 0 Å². The van der Waals surface area contributed by atoms with Crippen LogP contribution in [0, 0.1) is 5.92 Å². The molecule has 1 atom stereocenters. The van der Waals surface area contributed by atoms with Crippen molar-refractivity contribution in [3.8, 4) is 0 Å². The van der Waals surface area contributed by atoms with Crippen LogP contribution in [0.1, 0.15) is 20.8 Å². The predicted octanol–water partition coefficient (Wildman–Crippen LogP) is 1.68. The number of hydrogen-bond donors (Lipinski definition) is 0. The van der Waals surface area contributed by atoms with Crippen molar-refractivity contribution in [1.82, 2.24) is 4.90 Å². The van der Waals surface area contributed by atoms with E-state index in [0.29, 0.717) is 5.92 Å². The van der Waals surface area contributed by atoms with E-state index >= 15 is 0 Å². The fourth-order valence-corrected chi connectivity index (χ4v) is 0.695. The first-order chi connectivity index (χ1) is 4.95. The van der Waals surface area contributed by atoms with Crippen molar-refractivity contribution in [2.75, 3.05) is 13.6 Å². The number of nitrogens with zero attached hydrogens (tertiary/aromatic N) is 1. The van der Waals surface area contributed by atoms with Crippen LogP contribution >= 0.6 is 0 Å². The molecule has 0 radical (unpaired) electrons. The number of carbonyl (C=O) groups is 1. The van der Waals surface area contributed by atoms with Crippen LogP contribution in [-0.4, -0.2) is 24.4 Å². The van der Waals surface area contributed by atoms with Crippen LogP contribution in [0.3, 0.4) is 0 Å². The molecule has 2 heteroatoms. The second-order valence-corrected chi connectivity index (χ2v) is 3.15. The molecule has 0 aliphatic rings. The molecule has 0 aromatic rings. The fourth-order valence-electron chi connectivity index (χ4n) is 0.695. The van der Waals surface area contributed by atoms with Crippen molar-refractivity contribution in [3.05, 3.63) is 12.2 Å². The molecule has 0 aliphatic heterocycles. The van der Waals surface area contributed by atoms with Gasteiger partial charge in [0.25, 0.3) is 0 Å². The van der Waals surface area contributed by atoms with E-state index in [1.165, 1.54) is 0 Å². The second-order valence-electron chi connectivity index (χ2n) is 3.15. The average molecular weight is 155 g/mol. The van der Waals surface area contributed by atoms with Crippen molar-refractivity contribution in [1.29, 1.82) is 0 Å². The Morgan fingerprint density at radius 2 is 2.00 bits per heavy atom. The second kappa shape index (κ2) is 4.16. The summed E-state index contributed by atoms with van der Waals surface area (Å²) in [7, 11) is 1.81. The minimum absolute atomic E-state index is 0.109. The van der Waals surface area contributed by atoms with Gasteiger partial charge in [0.1, 0.15) is 0 Å². The van der Waals surface area contributed by atoms with Gasteiger partial charge in [0.05, 0.1) is 0 Å². The molecule has 0 bridgehead atoms. The minimum atomic E-state index is 0.109. The average Bonchev–Trinajstić information content (AvgIpc) is 1.87. The summed E-state index contributed by atoms with van der Waals surface area (Å²) in [6, 6.07) is 0. The van der Waals surface area contributed by atoms with Gasteiger partial charge in [0.15, 0.2) is 0 Å². The maximum absolute atomic E-state index is 10.8. The summed E-state index contributed by atoms with van der Waals surface area (Å²) in [5.74, 6) is 0.502. The Morgan fingerprint density at radius 1 is 1.55 bits per heavy atom. The van der Waals surface area contributed by atoms with Crippen LogP contribution in [0.4, 0.5) is 0 Å². The highest BCUT2D eigenvalue weighted by Gasteiger charge is 2.07. The quantitative estimate of drug-likeness (QED) is 0.568. The first-order valence-electron chi connectivity index (χ1n) is 3.82. The number of hydrogen-bond acceptors (Lipinski definition) is 1. The van der Waals surface area contributed by atoms with Crippen LogP contribution in [0.25, 0.3) is 0 Å². The van der Waals surface area contributed by atoms with E-state index in [-0.39, 0.29) is 5.91 Å². The molecule has 0 saturated heterocycles. The number of amides is 1. The predicted molar refractivity (Wildman–Crippen MR) is 47.3 cm³/mol. The SMILES string of the molecule is C=C(C)C(C)CN(C)C(C)=O. The zero-order valence-corrected chi connectivity index (χ0v) is 7.85. The largest absolute Gasteiger partial charge is 0.345 e. The molecule has 0 spiro atoms. The monoisotopic (exact) mass is 155 g/mol. The van der Waals surface area contributed by atoms with Gasteiger partial charge in [0.2, 0.25) is 5.91 Å². The first-order valence-corrected chi connectivity index (χ1v) is 3.82. The van der Waals surface area contributed by atoms with Crippen LogP contribution in [0.15, 0.2) is 12.2 Å². The Bertz CT molecular complexity index is 145. The molecule has 0 fully saturated rings. The Kier molecular flexibility index (Phi) is 3.86. The third-order valence-electron chi connectivity index (χ3n) is 1.93. The molecule has 2 nitrogen and oxygen atoms in total. The van der Waals surface area contributed by atoms with Gasteiger partial charge in [-0.2, -0.15) is 0 Å². The lowest BCUT2D eigenvalue weighted by molar-refractivity contribution is -0.127. The van der Waals surface area contributed by atoms with E-state index in [1.54, 1.807) is 11.8 Å². The van der Waals surface area contributed by atoms with E-state index in [0.717, 1.165) is 12.1 Å². The first kappa shape index (κ1) is 10.2. The van der Waals surface area contributed by atoms with Gasteiger partial charge < -0.3 is 4.90 Å². The smallest absolute Gasteiger partial charge is 0.219 e. The highest BCUT2D eigenvalue weighted by atomic mass is 16.2. The zero-order valence-electron chi connectivity index (χ0n) is 7.85. The van der Waals surface area contributed by atoms with Crippen molar-refractivity contribution >= 4 is 5.91 Å². The van der Waals surface area contributed by atoms with E-state index in [2.05, 4.69) is 13.5 Å². The van der Waals surface area contributed by atoms with Crippen LogP contribution in [-0.2, 0) is 4.79 Å². The maximum atomic E-state index is 10.8. The summed E-state index contributed by atoms with van der Waals surface area (Å²) in [5.41, 5.74) is 1.12. The number of rotatable bonds is 3. The van der Waals surface area contributed by atoms with E-state index in [4.69, 9.17) is 0 Å². The summed E-state index contributed by atoms with van der Waals surface area (Å²) >= 11 is 0. The third kappa shape index (κ3) is 3.81. The van der Waals surface area contributed by atoms with Gasteiger partial charge in [-0.15, -0.1) is 0 Å². The van der Waals surface area contributed by atoms with Crippen molar-refractivity contribution in [2.24, 2.45) is 5.92 Å². The lowest BCUT2D eigenvalue weighted by Gasteiger charge is -2.19. The normalized spacial score (nSPS) is 12.4. The Balaban J connectivity index is 3.84. The minimum Gasteiger partial charge on any atom is -0.345 e. The Hall–Kier alpha value is -0.790. The van der Waals surface area contributed by atoms with E-state index in [1.807, 2.05) is 14.0 Å². The lowest BCUT2D eigenvalue weighted by atomic mass is 10.0. The van der Waals surface area contributed by atoms with Gasteiger partial charge >= 0.3 is 0 Å². The molecule has 0 N–H and O–H groups in total. The molecule has 1 unspecified atom stereocenters. The summed E-state index contributed by atoms with van der Waals surface area (Å²) in [6.45, 7) is 10.2. The molecular weight excluding hydrogens is 138 g/mol. The summed E-state index contributed by atoms with van der Waals surface area (Å²) < 4.78 is 0. The highest BCUT2D eigenvalue weighted by molar-refractivity contribution is 5.72. The summed E-state index contributed by atoms with van der Waals surface area (Å²) in [5, 5.41) is 0. The third-order valence-corrected chi connectivity index (χ3v) is 1.93. The Labute approximate surface area is 68.9 Å². The molecular formula is C9H17NO. The number of carbonyl (C=O) groups excluding carboxylic acids is 1. The van der Waals surface area contributed by atoms with E-state index in [9.17, 15) is 4.79 Å². The van der Waals surface area contributed by atoms with Crippen LogP contribution < -0.4 is 0 Å². The summed E-state index contributed by atoms with van der Waals surface area (Å²) in [4.78, 5) is 12.5. The van der Waals surface area contributed by atoms with Gasteiger partial charge in [-0.25, -0.2) is 0 Å².